The summed E-state index contributed by atoms with van der Waals surface area (Å²) in [5, 5.41) is 11.4. The van der Waals surface area contributed by atoms with E-state index in [0.717, 1.165) is 33.2 Å². The summed E-state index contributed by atoms with van der Waals surface area (Å²) in [4.78, 5) is 25.3. The number of ether oxygens (including phenoxy) is 1. The Morgan fingerprint density at radius 1 is 1.10 bits per heavy atom. The molecule has 5 heteroatoms. The van der Waals surface area contributed by atoms with Crippen LogP contribution in [-0.2, 0) is 22.7 Å². The summed E-state index contributed by atoms with van der Waals surface area (Å²) in [6.07, 6.45) is 0.0551. The number of carboxylic acid groups (broad SMARTS) is 1. The minimum absolute atomic E-state index is 0.0551. The van der Waals surface area contributed by atoms with E-state index in [2.05, 4.69) is 13.0 Å². The lowest BCUT2D eigenvalue weighted by Gasteiger charge is -2.21. The Kier molecular flexibility index (Phi) is 5.21. The first kappa shape index (κ1) is 19.0. The van der Waals surface area contributed by atoms with E-state index in [1.807, 2.05) is 54.6 Å². The summed E-state index contributed by atoms with van der Waals surface area (Å²) in [7, 11) is 0. The Bertz CT molecular complexity index is 1080. The van der Waals surface area contributed by atoms with Crippen molar-refractivity contribution < 1.29 is 19.4 Å². The molecule has 1 heterocycles. The summed E-state index contributed by atoms with van der Waals surface area (Å²) in [6.45, 7) is 3.06. The van der Waals surface area contributed by atoms with Crippen molar-refractivity contribution in [2.45, 2.75) is 26.5 Å². The lowest BCUT2D eigenvalue weighted by Crippen LogP contribution is -2.26. The second-order valence-corrected chi connectivity index (χ2v) is 7.49. The third-order valence-electron chi connectivity index (χ3n) is 5.55. The van der Waals surface area contributed by atoms with E-state index in [-0.39, 0.29) is 18.9 Å². The Hall–Kier alpha value is -3.34. The predicted molar refractivity (Wildman–Crippen MR) is 111 cm³/mol. The van der Waals surface area contributed by atoms with E-state index in [1.54, 1.807) is 4.90 Å². The van der Waals surface area contributed by atoms with Crippen LogP contribution in [0.25, 0.3) is 10.8 Å². The lowest BCUT2D eigenvalue weighted by molar-refractivity contribution is -0.141. The molecule has 1 atom stereocenters. The van der Waals surface area contributed by atoms with Crippen LogP contribution in [0.5, 0.6) is 5.75 Å². The topological polar surface area (TPSA) is 66.8 Å². The highest BCUT2D eigenvalue weighted by Crippen LogP contribution is 2.32. The van der Waals surface area contributed by atoms with Crippen LogP contribution in [0, 0.1) is 12.8 Å². The molecular formula is C24H23NO4. The fourth-order valence-corrected chi connectivity index (χ4v) is 3.82. The number of fused-ring (bicyclic) bond motifs is 1. The zero-order chi connectivity index (χ0) is 20.4. The van der Waals surface area contributed by atoms with Crippen molar-refractivity contribution in [3.63, 3.8) is 0 Å². The van der Waals surface area contributed by atoms with Gasteiger partial charge in [0, 0.05) is 25.1 Å². The quantitative estimate of drug-likeness (QED) is 0.687. The van der Waals surface area contributed by atoms with Crippen LogP contribution >= 0.6 is 0 Å². The van der Waals surface area contributed by atoms with Gasteiger partial charge in [-0.1, -0.05) is 54.6 Å². The summed E-state index contributed by atoms with van der Waals surface area (Å²) in [5.41, 5.74) is 3.18. The molecule has 0 bridgehead atoms. The number of aryl methyl sites for hydroxylation is 1. The average molecular weight is 389 g/mol. The lowest BCUT2D eigenvalue weighted by atomic mass is 10.0. The number of benzene rings is 3. The monoisotopic (exact) mass is 389 g/mol. The highest BCUT2D eigenvalue weighted by molar-refractivity contribution is 5.89. The zero-order valence-electron chi connectivity index (χ0n) is 16.3. The van der Waals surface area contributed by atoms with Crippen LogP contribution < -0.4 is 4.74 Å². The Balaban J connectivity index is 1.65. The molecule has 0 saturated carbocycles. The van der Waals surface area contributed by atoms with E-state index >= 15 is 0 Å². The zero-order valence-corrected chi connectivity index (χ0v) is 16.3. The van der Waals surface area contributed by atoms with Gasteiger partial charge in [0.1, 0.15) is 12.4 Å². The number of likely N-dealkylation sites (tertiary alicyclic amines) is 1. The molecule has 1 fully saturated rings. The number of carboxylic acids is 1. The van der Waals surface area contributed by atoms with Crippen molar-refractivity contribution in [2.75, 3.05) is 6.54 Å². The van der Waals surface area contributed by atoms with E-state index in [1.165, 1.54) is 0 Å². The van der Waals surface area contributed by atoms with Gasteiger partial charge in [0.15, 0.2) is 0 Å². The molecular weight excluding hydrogens is 366 g/mol. The van der Waals surface area contributed by atoms with Crippen molar-refractivity contribution in [2.24, 2.45) is 5.92 Å². The first-order valence-electron chi connectivity index (χ1n) is 9.71. The van der Waals surface area contributed by atoms with Gasteiger partial charge in [-0.15, -0.1) is 0 Å². The van der Waals surface area contributed by atoms with Crippen molar-refractivity contribution in [1.29, 1.82) is 0 Å². The Labute approximate surface area is 169 Å². The van der Waals surface area contributed by atoms with Crippen molar-refractivity contribution in [3.8, 4) is 5.75 Å². The Morgan fingerprint density at radius 2 is 1.86 bits per heavy atom. The van der Waals surface area contributed by atoms with Gasteiger partial charge in [0.2, 0.25) is 5.91 Å². The van der Waals surface area contributed by atoms with Crippen molar-refractivity contribution in [1.82, 2.24) is 4.90 Å². The van der Waals surface area contributed by atoms with Gasteiger partial charge < -0.3 is 14.7 Å². The predicted octanol–water partition coefficient (Wildman–Crippen LogP) is 4.16. The average Bonchev–Trinajstić information content (AvgIpc) is 3.09. The molecule has 1 unspecified atom stereocenters. The minimum atomic E-state index is -0.921. The van der Waals surface area contributed by atoms with Crippen LogP contribution in [0.3, 0.4) is 0 Å². The molecule has 1 saturated heterocycles. The summed E-state index contributed by atoms with van der Waals surface area (Å²) >= 11 is 0. The van der Waals surface area contributed by atoms with E-state index in [9.17, 15) is 14.7 Å². The fraction of sp³-hybridized carbons (Fsp3) is 0.250. The molecule has 1 aliphatic heterocycles. The molecule has 3 aromatic rings. The molecule has 3 aromatic carbocycles. The van der Waals surface area contributed by atoms with Gasteiger partial charge in [-0.2, -0.15) is 0 Å². The standard InChI is InChI=1S/C24H23NO4/c1-16-6-2-3-8-18(16)15-29-22-11-10-17-7-4-5-9-20(17)21(22)14-25-13-19(24(27)28)12-23(25)26/h2-11,19H,12-15H2,1H3,(H,27,28). The van der Waals surface area contributed by atoms with Crippen LogP contribution in [0.1, 0.15) is 23.1 Å². The van der Waals surface area contributed by atoms with Crippen LogP contribution in [0.4, 0.5) is 0 Å². The number of amides is 1. The molecule has 0 spiro atoms. The maximum Gasteiger partial charge on any atom is 0.308 e. The normalized spacial score (nSPS) is 16.4. The highest BCUT2D eigenvalue weighted by Gasteiger charge is 2.34. The molecule has 148 valence electrons. The summed E-state index contributed by atoms with van der Waals surface area (Å²) < 4.78 is 6.18. The molecule has 29 heavy (non-hydrogen) atoms. The second-order valence-electron chi connectivity index (χ2n) is 7.49. The van der Waals surface area contributed by atoms with Gasteiger partial charge in [-0.05, 0) is 34.9 Å². The molecule has 1 amide bonds. The number of aliphatic carboxylic acids is 1. The fourth-order valence-electron chi connectivity index (χ4n) is 3.82. The molecule has 0 aliphatic carbocycles. The number of hydrogen-bond acceptors (Lipinski definition) is 3. The third kappa shape index (κ3) is 3.94. The largest absolute Gasteiger partial charge is 0.489 e. The summed E-state index contributed by atoms with van der Waals surface area (Å²) in [6, 6.07) is 20.0. The summed E-state index contributed by atoms with van der Waals surface area (Å²) in [5.74, 6) is -0.975. The van der Waals surface area contributed by atoms with Crippen LogP contribution in [0.2, 0.25) is 0 Å². The maximum atomic E-state index is 12.4. The smallest absolute Gasteiger partial charge is 0.308 e. The van der Waals surface area contributed by atoms with Gasteiger partial charge in [0.25, 0.3) is 0 Å². The number of carbonyl (C=O) groups is 2. The highest BCUT2D eigenvalue weighted by atomic mass is 16.5. The number of carbonyl (C=O) groups excluding carboxylic acids is 1. The van der Waals surface area contributed by atoms with Crippen LogP contribution in [0.15, 0.2) is 60.7 Å². The van der Waals surface area contributed by atoms with Crippen molar-refractivity contribution in [3.05, 3.63) is 77.4 Å². The maximum absolute atomic E-state index is 12.4. The number of nitrogens with zero attached hydrogens (tertiary/aromatic N) is 1. The minimum Gasteiger partial charge on any atom is -0.489 e. The molecule has 5 nitrogen and oxygen atoms in total. The number of hydrogen-bond donors (Lipinski definition) is 1. The molecule has 0 aromatic heterocycles. The van der Waals surface area contributed by atoms with Gasteiger partial charge >= 0.3 is 5.97 Å². The van der Waals surface area contributed by atoms with Crippen molar-refractivity contribution >= 4 is 22.6 Å². The van der Waals surface area contributed by atoms with Gasteiger partial charge in [-0.3, -0.25) is 9.59 Å². The van der Waals surface area contributed by atoms with Crippen LogP contribution in [-0.4, -0.2) is 28.4 Å². The Morgan fingerprint density at radius 3 is 2.62 bits per heavy atom. The molecule has 1 N–H and O–H groups in total. The first-order valence-corrected chi connectivity index (χ1v) is 9.71. The van der Waals surface area contributed by atoms with E-state index < -0.39 is 11.9 Å². The molecule has 1 aliphatic rings. The van der Waals surface area contributed by atoms with E-state index in [0.29, 0.717) is 13.2 Å². The van der Waals surface area contributed by atoms with Gasteiger partial charge in [0.05, 0.1) is 5.92 Å². The van der Waals surface area contributed by atoms with E-state index in [4.69, 9.17) is 4.74 Å². The second kappa shape index (κ2) is 7.95. The SMILES string of the molecule is Cc1ccccc1COc1ccc2ccccc2c1CN1CC(C(=O)O)CC1=O. The van der Waals surface area contributed by atoms with Gasteiger partial charge in [-0.25, -0.2) is 0 Å². The third-order valence-corrected chi connectivity index (χ3v) is 5.55. The molecule has 4 rings (SSSR count). The number of rotatable bonds is 6. The molecule has 0 radical (unpaired) electrons. The first-order chi connectivity index (χ1) is 14.0.